The molecule has 0 bridgehead atoms. The quantitative estimate of drug-likeness (QED) is 0.704. The van der Waals surface area contributed by atoms with Crippen LogP contribution in [0.5, 0.6) is 0 Å². The molecule has 2 aromatic carbocycles. The van der Waals surface area contributed by atoms with Gasteiger partial charge in [-0.2, -0.15) is 0 Å². The zero-order valence-corrected chi connectivity index (χ0v) is 14.2. The maximum absolute atomic E-state index is 12.6. The molecule has 7 nitrogen and oxygen atoms in total. The van der Waals surface area contributed by atoms with Gasteiger partial charge in [0.25, 0.3) is 5.91 Å². The summed E-state index contributed by atoms with van der Waals surface area (Å²) in [7, 11) is 2.49. The largest absolute Gasteiger partial charge is 0.465 e. The van der Waals surface area contributed by atoms with Gasteiger partial charge in [-0.05, 0) is 41.8 Å². The molecule has 0 unspecified atom stereocenters. The number of benzene rings is 2. The Bertz CT molecular complexity index is 1010. The van der Waals surface area contributed by atoms with E-state index in [1.54, 1.807) is 18.3 Å². The van der Waals surface area contributed by atoms with E-state index in [9.17, 15) is 14.4 Å². The van der Waals surface area contributed by atoms with Crippen molar-refractivity contribution < 1.29 is 23.9 Å². The number of nitrogens with one attached hydrogen (secondary N) is 2. The minimum Gasteiger partial charge on any atom is -0.465 e. The van der Waals surface area contributed by atoms with Crippen molar-refractivity contribution >= 4 is 34.4 Å². The Morgan fingerprint density at radius 3 is 2.35 bits per heavy atom. The van der Waals surface area contributed by atoms with Crippen molar-refractivity contribution in [3.8, 4) is 0 Å². The lowest BCUT2D eigenvalue weighted by molar-refractivity contribution is 0.0587. The van der Waals surface area contributed by atoms with Crippen molar-refractivity contribution in [2.45, 2.75) is 0 Å². The van der Waals surface area contributed by atoms with E-state index >= 15 is 0 Å². The van der Waals surface area contributed by atoms with E-state index < -0.39 is 17.8 Å². The number of aromatic amines is 1. The second kappa shape index (κ2) is 7.10. The first kappa shape index (κ1) is 17.2. The number of hydrogen-bond donors (Lipinski definition) is 2. The Morgan fingerprint density at radius 2 is 1.62 bits per heavy atom. The van der Waals surface area contributed by atoms with E-state index in [1.807, 2.05) is 12.1 Å². The number of carbonyl (C=O) groups is 3. The SMILES string of the molecule is COC(=O)c1ccc(C(=O)OC)c(NC(=O)c2ccc3cc[nH]c3c2)c1. The number of esters is 2. The van der Waals surface area contributed by atoms with Crippen LogP contribution in [-0.2, 0) is 9.47 Å². The molecule has 0 aliphatic rings. The molecule has 0 saturated carbocycles. The predicted octanol–water partition coefficient (Wildman–Crippen LogP) is 2.99. The molecule has 0 saturated heterocycles. The van der Waals surface area contributed by atoms with E-state index in [4.69, 9.17) is 4.74 Å². The van der Waals surface area contributed by atoms with Crippen LogP contribution in [0.25, 0.3) is 10.9 Å². The number of methoxy groups -OCH3 is 2. The van der Waals surface area contributed by atoms with Crippen LogP contribution in [0.15, 0.2) is 48.7 Å². The molecule has 1 heterocycles. The van der Waals surface area contributed by atoms with Gasteiger partial charge in [0.2, 0.25) is 0 Å². The molecule has 3 rings (SSSR count). The molecule has 0 fully saturated rings. The number of rotatable bonds is 4. The van der Waals surface area contributed by atoms with Crippen molar-refractivity contribution in [1.29, 1.82) is 0 Å². The summed E-state index contributed by atoms with van der Waals surface area (Å²) in [5, 5.41) is 3.63. The molecule has 3 aromatic rings. The highest BCUT2D eigenvalue weighted by Gasteiger charge is 2.18. The first-order chi connectivity index (χ1) is 12.5. The van der Waals surface area contributed by atoms with Crippen LogP contribution in [0.4, 0.5) is 5.69 Å². The van der Waals surface area contributed by atoms with E-state index in [0.29, 0.717) is 5.56 Å². The summed E-state index contributed by atoms with van der Waals surface area (Å²) in [6, 6.07) is 11.3. The van der Waals surface area contributed by atoms with Crippen LogP contribution in [0.1, 0.15) is 31.1 Å². The Kier molecular flexibility index (Phi) is 4.70. The number of carbonyl (C=O) groups excluding carboxylic acids is 3. The van der Waals surface area contributed by atoms with Crippen molar-refractivity contribution in [3.05, 3.63) is 65.4 Å². The summed E-state index contributed by atoms with van der Waals surface area (Å²) in [6.45, 7) is 0. The first-order valence-corrected chi connectivity index (χ1v) is 7.72. The Labute approximate surface area is 148 Å². The molecule has 2 N–H and O–H groups in total. The number of hydrogen-bond acceptors (Lipinski definition) is 5. The van der Waals surface area contributed by atoms with Crippen LogP contribution >= 0.6 is 0 Å². The number of anilines is 1. The molecular weight excluding hydrogens is 336 g/mol. The first-order valence-electron chi connectivity index (χ1n) is 7.72. The lowest BCUT2D eigenvalue weighted by Gasteiger charge is -2.11. The zero-order valence-electron chi connectivity index (χ0n) is 14.2. The standard InChI is InChI=1S/C19H16N2O5/c1-25-18(23)13-5-6-14(19(24)26-2)16(10-13)21-17(22)12-4-3-11-7-8-20-15(11)9-12/h3-10,20H,1-2H3,(H,21,22). The fourth-order valence-electron chi connectivity index (χ4n) is 2.56. The Morgan fingerprint density at radius 1 is 0.885 bits per heavy atom. The molecule has 7 heteroatoms. The van der Waals surface area contributed by atoms with Crippen LogP contribution in [0.2, 0.25) is 0 Å². The molecule has 1 aromatic heterocycles. The highest BCUT2D eigenvalue weighted by molar-refractivity contribution is 6.10. The minimum absolute atomic E-state index is 0.134. The van der Waals surface area contributed by atoms with Gasteiger partial charge in [-0.25, -0.2) is 9.59 Å². The highest BCUT2D eigenvalue weighted by Crippen LogP contribution is 2.21. The number of fused-ring (bicyclic) bond motifs is 1. The number of ether oxygens (including phenoxy) is 2. The van der Waals surface area contributed by atoms with Gasteiger partial charge < -0.3 is 19.8 Å². The summed E-state index contributed by atoms with van der Waals surface area (Å²) in [6.07, 6.45) is 1.78. The van der Waals surface area contributed by atoms with Gasteiger partial charge in [0, 0.05) is 17.3 Å². The number of amides is 1. The van der Waals surface area contributed by atoms with Gasteiger partial charge >= 0.3 is 11.9 Å². The van der Waals surface area contributed by atoms with Crippen molar-refractivity contribution in [2.75, 3.05) is 19.5 Å². The van der Waals surface area contributed by atoms with Gasteiger partial charge in [0.05, 0.1) is 31.0 Å². The van der Waals surface area contributed by atoms with Crippen LogP contribution in [0.3, 0.4) is 0 Å². The molecule has 1 amide bonds. The molecule has 0 aliphatic carbocycles. The Hall–Kier alpha value is -3.61. The fraction of sp³-hybridized carbons (Fsp3) is 0.105. The maximum Gasteiger partial charge on any atom is 0.339 e. The smallest absolute Gasteiger partial charge is 0.339 e. The van der Waals surface area contributed by atoms with Gasteiger partial charge in [-0.15, -0.1) is 0 Å². The average molecular weight is 352 g/mol. The van der Waals surface area contributed by atoms with Crippen molar-refractivity contribution in [1.82, 2.24) is 4.98 Å². The van der Waals surface area contributed by atoms with Crippen LogP contribution in [-0.4, -0.2) is 37.0 Å². The third-order valence-corrected chi connectivity index (χ3v) is 3.91. The topological polar surface area (TPSA) is 97.5 Å². The highest BCUT2D eigenvalue weighted by atomic mass is 16.5. The lowest BCUT2D eigenvalue weighted by Crippen LogP contribution is -2.16. The van der Waals surface area contributed by atoms with Gasteiger partial charge in [0.15, 0.2) is 0 Å². The summed E-state index contributed by atoms with van der Waals surface area (Å²) in [4.78, 5) is 39.3. The second-order valence-electron chi connectivity index (χ2n) is 5.48. The molecule has 0 spiro atoms. The van der Waals surface area contributed by atoms with Crippen LogP contribution < -0.4 is 5.32 Å². The molecule has 0 atom stereocenters. The van der Waals surface area contributed by atoms with Gasteiger partial charge in [0.1, 0.15) is 0 Å². The summed E-state index contributed by atoms with van der Waals surface area (Å²) in [5.41, 5.74) is 1.72. The van der Waals surface area contributed by atoms with E-state index in [-0.39, 0.29) is 16.8 Å². The van der Waals surface area contributed by atoms with Crippen molar-refractivity contribution in [3.63, 3.8) is 0 Å². The summed E-state index contributed by atoms with van der Waals surface area (Å²) >= 11 is 0. The lowest BCUT2D eigenvalue weighted by atomic mass is 10.1. The monoisotopic (exact) mass is 352 g/mol. The summed E-state index contributed by atoms with van der Waals surface area (Å²) in [5.74, 6) is -1.63. The average Bonchev–Trinajstić information content (AvgIpc) is 3.14. The third kappa shape index (κ3) is 3.27. The van der Waals surface area contributed by atoms with Gasteiger partial charge in [-0.1, -0.05) is 6.07 Å². The Balaban J connectivity index is 1.96. The van der Waals surface area contributed by atoms with E-state index in [0.717, 1.165) is 10.9 Å². The van der Waals surface area contributed by atoms with Crippen LogP contribution in [0, 0.1) is 0 Å². The van der Waals surface area contributed by atoms with Crippen molar-refractivity contribution in [2.24, 2.45) is 0 Å². The number of aromatic nitrogens is 1. The third-order valence-electron chi connectivity index (χ3n) is 3.91. The molecule has 132 valence electrons. The van der Waals surface area contributed by atoms with Gasteiger partial charge in [-0.3, -0.25) is 4.79 Å². The molecular formula is C19H16N2O5. The summed E-state index contributed by atoms with van der Waals surface area (Å²) < 4.78 is 9.40. The fourth-order valence-corrected chi connectivity index (χ4v) is 2.56. The maximum atomic E-state index is 12.6. The predicted molar refractivity (Wildman–Crippen MR) is 95.4 cm³/mol. The normalized spacial score (nSPS) is 10.4. The number of H-pyrrole nitrogens is 1. The molecule has 0 radical (unpaired) electrons. The molecule has 26 heavy (non-hydrogen) atoms. The van der Waals surface area contributed by atoms with E-state index in [2.05, 4.69) is 15.0 Å². The zero-order chi connectivity index (χ0) is 18.7. The second-order valence-corrected chi connectivity index (χ2v) is 5.48. The van der Waals surface area contributed by atoms with E-state index in [1.165, 1.54) is 32.4 Å². The minimum atomic E-state index is -0.628. The molecule has 0 aliphatic heterocycles.